The van der Waals surface area contributed by atoms with Crippen LogP contribution in [0.2, 0.25) is 5.02 Å². The molecule has 6 nitrogen and oxygen atoms in total. The lowest BCUT2D eigenvalue weighted by Crippen LogP contribution is -2.24. The van der Waals surface area contributed by atoms with Gasteiger partial charge in [0.15, 0.2) is 0 Å². The van der Waals surface area contributed by atoms with Gasteiger partial charge in [0.1, 0.15) is 0 Å². The normalized spacial score (nSPS) is 14.4. The molecule has 4 rings (SSSR count). The molecule has 3 aromatic rings. The molecule has 1 saturated carbocycles. The fraction of sp³-hybridized carbons (Fsp3) is 0.333. The van der Waals surface area contributed by atoms with Crippen LogP contribution in [0.4, 0.5) is 0 Å². The molecule has 0 spiro atoms. The summed E-state index contributed by atoms with van der Waals surface area (Å²) in [5.74, 6) is 0.466. The van der Waals surface area contributed by atoms with E-state index in [0.29, 0.717) is 41.6 Å². The van der Waals surface area contributed by atoms with E-state index in [4.69, 9.17) is 16.7 Å². The summed E-state index contributed by atoms with van der Waals surface area (Å²) < 4.78 is 23.9. The Labute approximate surface area is 174 Å². The predicted molar refractivity (Wildman–Crippen MR) is 115 cm³/mol. The first-order valence-corrected chi connectivity index (χ1v) is 11.7. The van der Waals surface area contributed by atoms with Crippen LogP contribution in [0.3, 0.4) is 0 Å². The number of primary sulfonamides is 1. The molecule has 0 atom stereocenters. The van der Waals surface area contributed by atoms with Gasteiger partial charge in [0.05, 0.1) is 27.7 Å². The Bertz CT molecular complexity index is 1230. The number of hydrogen-bond donors (Lipinski definition) is 1. The monoisotopic (exact) mass is 431 g/mol. The highest BCUT2D eigenvalue weighted by molar-refractivity contribution is 7.89. The van der Waals surface area contributed by atoms with Crippen molar-refractivity contribution in [3.63, 3.8) is 0 Å². The molecule has 1 aliphatic rings. The van der Waals surface area contributed by atoms with E-state index in [-0.39, 0.29) is 11.4 Å². The summed E-state index contributed by atoms with van der Waals surface area (Å²) >= 11 is 6.37. The molecule has 1 fully saturated rings. The van der Waals surface area contributed by atoms with E-state index in [2.05, 4.69) is 17.1 Å². The summed E-state index contributed by atoms with van der Waals surface area (Å²) in [7, 11) is -3.49. The predicted octanol–water partition coefficient (Wildman–Crippen LogP) is 3.53. The van der Waals surface area contributed by atoms with E-state index in [1.807, 2.05) is 18.2 Å². The van der Waals surface area contributed by atoms with E-state index in [1.165, 1.54) is 5.56 Å². The number of sulfonamides is 1. The second-order valence-corrected chi connectivity index (χ2v) is 9.64. The van der Waals surface area contributed by atoms with Gasteiger partial charge in [-0.1, -0.05) is 35.9 Å². The van der Waals surface area contributed by atoms with Crippen molar-refractivity contribution in [3.05, 3.63) is 69.2 Å². The minimum Gasteiger partial charge on any atom is -0.259 e. The minimum absolute atomic E-state index is 0.0759. The van der Waals surface area contributed by atoms with Crippen LogP contribution in [-0.2, 0) is 16.4 Å². The number of unbranched alkanes of at least 4 members (excludes halogenated alkanes) is 1. The van der Waals surface area contributed by atoms with Gasteiger partial charge < -0.3 is 0 Å². The van der Waals surface area contributed by atoms with E-state index in [9.17, 15) is 13.2 Å². The molecule has 2 aromatic carbocycles. The van der Waals surface area contributed by atoms with Crippen LogP contribution in [-0.4, -0.2) is 23.7 Å². The van der Waals surface area contributed by atoms with E-state index in [1.54, 1.807) is 16.7 Å². The molecule has 1 heterocycles. The van der Waals surface area contributed by atoms with Crippen LogP contribution in [0.1, 0.15) is 42.9 Å². The van der Waals surface area contributed by atoms with Crippen LogP contribution in [0.25, 0.3) is 16.6 Å². The maximum Gasteiger partial charge on any atom is 0.352 e. The number of hydrogen-bond acceptors (Lipinski definition) is 4. The summed E-state index contributed by atoms with van der Waals surface area (Å²) in [5.41, 5.74) is 2.88. The number of benzene rings is 2. The van der Waals surface area contributed by atoms with Crippen LogP contribution in [0.5, 0.6) is 0 Å². The number of fused-ring (bicyclic) bond motifs is 1. The Morgan fingerprint density at radius 2 is 1.90 bits per heavy atom. The zero-order valence-corrected chi connectivity index (χ0v) is 17.4. The molecular weight excluding hydrogens is 410 g/mol. The summed E-state index contributed by atoms with van der Waals surface area (Å²) in [5, 5.41) is 6.43. The van der Waals surface area contributed by atoms with Gasteiger partial charge >= 0.3 is 5.69 Å². The van der Waals surface area contributed by atoms with Gasteiger partial charge in [0.25, 0.3) is 0 Å². The molecule has 152 valence electrons. The smallest absolute Gasteiger partial charge is 0.259 e. The molecule has 0 amide bonds. The fourth-order valence-corrected chi connectivity index (χ4v) is 4.46. The Kier molecular flexibility index (Phi) is 5.46. The third-order valence-electron chi connectivity index (χ3n) is 5.23. The maximum absolute atomic E-state index is 13.0. The van der Waals surface area contributed by atoms with Gasteiger partial charge in [-0.2, -0.15) is 4.98 Å². The molecule has 1 aliphatic carbocycles. The summed E-state index contributed by atoms with van der Waals surface area (Å²) in [6, 6.07) is 13.4. The number of nitrogens with two attached hydrogens (primary N) is 1. The fourth-order valence-electron chi connectivity index (χ4n) is 3.63. The SMILES string of the molecule is NS(=O)(=O)CCCCc1nc(=O)n(-c2ccccc2Cl)c2cc(C3CC3)ccc12. The van der Waals surface area contributed by atoms with Crippen molar-refractivity contribution < 1.29 is 8.42 Å². The zero-order valence-electron chi connectivity index (χ0n) is 15.8. The summed E-state index contributed by atoms with van der Waals surface area (Å²) in [6.07, 6.45) is 3.84. The highest BCUT2D eigenvalue weighted by Crippen LogP contribution is 2.41. The largest absolute Gasteiger partial charge is 0.352 e. The molecule has 8 heteroatoms. The van der Waals surface area contributed by atoms with Gasteiger partial charge in [-0.15, -0.1) is 0 Å². The lowest BCUT2D eigenvalue weighted by atomic mass is 10.0. The number of aryl methyl sites for hydroxylation is 1. The standard InChI is InChI=1S/C21H22ClN3O3S/c22-17-5-1-2-7-19(17)25-20-13-15(14-8-9-14)10-11-16(20)18(24-21(25)26)6-3-4-12-29(23,27)28/h1-2,5,7,10-11,13-14H,3-4,6,8-9,12H2,(H2,23,27,28). The molecule has 1 aromatic heterocycles. The van der Waals surface area contributed by atoms with E-state index in [0.717, 1.165) is 23.7 Å². The van der Waals surface area contributed by atoms with Gasteiger partial charge in [-0.05, 0) is 61.8 Å². The molecule has 0 radical (unpaired) electrons. The summed E-state index contributed by atoms with van der Waals surface area (Å²) in [4.78, 5) is 17.3. The molecule has 0 bridgehead atoms. The van der Waals surface area contributed by atoms with Crippen molar-refractivity contribution in [2.24, 2.45) is 5.14 Å². The first-order chi connectivity index (χ1) is 13.8. The quantitative estimate of drug-likeness (QED) is 0.579. The average molecular weight is 432 g/mol. The Morgan fingerprint density at radius 3 is 2.59 bits per heavy atom. The highest BCUT2D eigenvalue weighted by Gasteiger charge is 2.24. The van der Waals surface area contributed by atoms with E-state index >= 15 is 0 Å². The molecule has 0 aliphatic heterocycles. The van der Waals surface area contributed by atoms with Crippen LogP contribution in [0, 0.1) is 0 Å². The van der Waals surface area contributed by atoms with Gasteiger partial charge in [0, 0.05) is 5.39 Å². The number of nitrogens with zero attached hydrogens (tertiary/aromatic N) is 2. The molecule has 2 N–H and O–H groups in total. The van der Waals surface area contributed by atoms with Crippen molar-refractivity contribution in [3.8, 4) is 5.69 Å². The van der Waals surface area contributed by atoms with Crippen LogP contribution >= 0.6 is 11.6 Å². The lowest BCUT2D eigenvalue weighted by Gasteiger charge is -2.15. The van der Waals surface area contributed by atoms with Gasteiger partial charge in [-0.3, -0.25) is 4.57 Å². The second-order valence-electron chi connectivity index (χ2n) is 7.50. The summed E-state index contributed by atoms with van der Waals surface area (Å²) in [6.45, 7) is 0. The Morgan fingerprint density at radius 1 is 1.14 bits per heavy atom. The van der Waals surface area contributed by atoms with Crippen molar-refractivity contribution in [2.45, 2.75) is 38.0 Å². The Hall–Kier alpha value is -2.22. The van der Waals surface area contributed by atoms with Crippen molar-refractivity contribution >= 4 is 32.5 Å². The van der Waals surface area contributed by atoms with Crippen LogP contribution < -0.4 is 10.8 Å². The van der Waals surface area contributed by atoms with Crippen molar-refractivity contribution in [1.29, 1.82) is 0 Å². The molecule has 0 unspecified atom stereocenters. The molecule has 29 heavy (non-hydrogen) atoms. The third kappa shape index (κ3) is 4.52. The third-order valence-corrected chi connectivity index (χ3v) is 6.41. The molecule has 0 saturated heterocycles. The molecular formula is C21H22ClN3O3S. The van der Waals surface area contributed by atoms with E-state index < -0.39 is 10.0 Å². The van der Waals surface area contributed by atoms with Gasteiger partial charge in [0.2, 0.25) is 10.0 Å². The average Bonchev–Trinajstić information content (AvgIpc) is 3.50. The zero-order chi connectivity index (χ0) is 20.6. The van der Waals surface area contributed by atoms with Gasteiger partial charge in [-0.25, -0.2) is 18.4 Å². The highest BCUT2D eigenvalue weighted by atomic mass is 35.5. The lowest BCUT2D eigenvalue weighted by molar-refractivity contribution is 0.593. The number of rotatable bonds is 7. The number of halogens is 1. The van der Waals surface area contributed by atoms with Crippen molar-refractivity contribution in [2.75, 3.05) is 5.75 Å². The number of aromatic nitrogens is 2. The van der Waals surface area contributed by atoms with Crippen molar-refractivity contribution in [1.82, 2.24) is 9.55 Å². The first kappa shape index (κ1) is 20.1. The maximum atomic E-state index is 13.0. The topological polar surface area (TPSA) is 95.1 Å². The first-order valence-electron chi connectivity index (χ1n) is 9.64. The minimum atomic E-state index is -3.49. The van der Waals surface area contributed by atoms with Crippen LogP contribution in [0.15, 0.2) is 47.3 Å². The second kappa shape index (κ2) is 7.89. The Balaban J connectivity index is 1.80. The number of para-hydroxylation sites is 1.